The van der Waals surface area contributed by atoms with Gasteiger partial charge in [-0.15, -0.1) is 10.2 Å². The van der Waals surface area contributed by atoms with E-state index >= 15 is 0 Å². The van der Waals surface area contributed by atoms with Gasteiger partial charge in [0.1, 0.15) is 11.5 Å². The Hall–Kier alpha value is -4.47. The lowest BCUT2D eigenvalue weighted by Crippen LogP contribution is -2.29. The van der Waals surface area contributed by atoms with Crippen LogP contribution in [0.2, 0.25) is 0 Å². The lowest BCUT2D eigenvalue weighted by atomic mass is 9.95. The van der Waals surface area contributed by atoms with Gasteiger partial charge < -0.3 is 9.84 Å². The molecular weight excluding hydrogens is 579 g/mol. The average Bonchev–Trinajstić information content (AvgIpc) is 3.60. The van der Waals surface area contributed by atoms with Gasteiger partial charge in [-0.05, 0) is 47.4 Å². The second-order valence-electron chi connectivity index (χ2n) is 10.2. The molecule has 1 amide bonds. The van der Waals surface area contributed by atoms with Crippen molar-refractivity contribution in [1.29, 1.82) is 0 Å². The number of nitrogens with zero attached hydrogens (tertiary/aromatic N) is 3. The van der Waals surface area contributed by atoms with Gasteiger partial charge in [-0.2, -0.15) is 0 Å². The Morgan fingerprint density at radius 1 is 0.977 bits per heavy atom. The quantitative estimate of drug-likeness (QED) is 0.0603. The van der Waals surface area contributed by atoms with Crippen molar-refractivity contribution in [2.75, 3.05) is 11.5 Å². The molecule has 1 aliphatic heterocycles. The van der Waals surface area contributed by atoms with Gasteiger partial charge in [-0.25, -0.2) is 0 Å². The number of aryl methyl sites for hydroxylation is 1. The van der Waals surface area contributed by atoms with E-state index in [1.165, 1.54) is 44.3 Å². The second kappa shape index (κ2) is 12.4. The van der Waals surface area contributed by atoms with Crippen LogP contribution < -0.4 is 9.64 Å². The molecule has 216 valence electrons. The first-order valence-corrected chi connectivity index (χ1v) is 15.8. The maximum absolute atomic E-state index is 13.6. The number of carbonyl (C=O) groups excluding carboxylic acids is 2. The predicted molar refractivity (Wildman–Crippen MR) is 172 cm³/mol. The number of aromatic nitrogens is 2. The van der Waals surface area contributed by atoms with Crippen molar-refractivity contribution in [1.82, 2.24) is 10.2 Å². The molecule has 1 unspecified atom stereocenters. The lowest BCUT2D eigenvalue weighted by Gasteiger charge is -2.23. The van der Waals surface area contributed by atoms with E-state index in [1.807, 2.05) is 62.4 Å². The van der Waals surface area contributed by atoms with Gasteiger partial charge in [-0.3, -0.25) is 14.5 Å². The Balaban J connectivity index is 1.37. The van der Waals surface area contributed by atoms with Crippen LogP contribution in [0.5, 0.6) is 5.75 Å². The third kappa shape index (κ3) is 5.78. The number of ether oxygens (including phenoxy) is 1. The van der Waals surface area contributed by atoms with E-state index in [-0.39, 0.29) is 16.5 Å². The van der Waals surface area contributed by atoms with E-state index in [0.29, 0.717) is 33.6 Å². The minimum atomic E-state index is -0.907. The Morgan fingerprint density at radius 2 is 1.74 bits per heavy atom. The number of hydrogen-bond donors (Lipinski definition) is 1. The van der Waals surface area contributed by atoms with Gasteiger partial charge in [0.25, 0.3) is 5.78 Å². The van der Waals surface area contributed by atoms with Crippen LogP contribution in [0.4, 0.5) is 5.13 Å². The molecule has 1 saturated heterocycles. The summed E-state index contributed by atoms with van der Waals surface area (Å²) in [6, 6.07) is 28.0. The Kier molecular flexibility index (Phi) is 8.26. The van der Waals surface area contributed by atoms with Crippen molar-refractivity contribution in [2.24, 2.45) is 0 Å². The summed E-state index contributed by atoms with van der Waals surface area (Å²) in [5.74, 6) is -0.490. The zero-order valence-electron chi connectivity index (χ0n) is 23.7. The molecule has 0 spiro atoms. The van der Waals surface area contributed by atoms with E-state index in [0.717, 1.165) is 12.0 Å². The van der Waals surface area contributed by atoms with Gasteiger partial charge in [0.15, 0.2) is 4.34 Å². The number of amides is 1. The number of Topliss-reactive ketones (excluding diaryl/α,β-unsaturated/α-hetero) is 1. The summed E-state index contributed by atoms with van der Waals surface area (Å²) in [6.07, 6.45) is 0.833. The van der Waals surface area contributed by atoms with Gasteiger partial charge >= 0.3 is 5.91 Å². The van der Waals surface area contributed by atoms with Crippen LogP contribution in [-0.4, -0.2) is 33.6 Å². The number of aliphatic hydroxyl groups is 1. The molecule has 1 aromatic heterocycles. The summed E-state index contributed by atoms with van der Waals surface area (Å²) < 4.78 is 6.53. The highest BCUT2D eigenvalue weighted by Gasteiger charge is 2.48. The van der Waals surface area contributed by atoms with Crippen LogP contribution in [-0.2, 0) is 15.3 Å². The lowest BCUT2D eigenvalue weighted by molar-refractivity contribution is -0.132. The number of thioether (sulfide) groups is 1. The molecule has 5 aromatic rings. The van der Waals surface area contributed by atoms with E-state index in [1.54, 1.807) is 18.2 Å². The first kappa shape index (κ1) is 28.6. The summed E-state index contributed by atoms with van der Waals surface area (Å²) in [5.41, 5.74) is 3.26. The maximum Gasteiger partial charge on any atom is 0.301 e. The molecule has 1 atom stereocenters. The number of aliphatic hydroxyl groups excluding tert-OH is 1. The van der Waals surface area contributed by atoms with Crippen molar-refractivity contribution in [3.8, 4) is 5.75 Å². The third-order valence-corrected chi connectivity index (χ3v) is 9.35. The average molecular weight is 608 g/mol. The molecule has 4 aromatic carbocycles. The van der Waals surface area contributed by atoms with Crippen molar-refractivity contribution in [2.45, 2.75) is 36.4 Å². The third-order valence-electron chi connectivity index (χ3n) is 7.25. The Morgan fingerprint density at radius 3 is 2.56 bits per heavy atom. The molecule has 1 N–H and O–H groups in total. The largest absolute Gasteiger partial charge is 0.507 e. The topological polar surface area (TPSA) is 92.6 Å². The van der Waals surface area contributed by atoms with E-state index in [4.69, 9.17) is 4.74 Å². The standard InChI is InChI=1S/C34H29N3O4S2/c1-3-18-41-26-12-7-10-24(19-26)29-28(30(38)23-16-14-21(2)15-17-23)31(39)32(40)37(29)33-35-36-34(43-33)42-20-25-11-6-9-22-8-4-5-13-27(22)25/h4-17,19,29,38H,3,18,20H2,1-2H3. The fourth-order valence-corrected chi connectivity index (χ4v) is 6.99. The molecule has 0 saturated carbocycles. The highest BCUT2D eigenvalue weighted by molar-refractivity contribution is 8.00. The number of benzene rings is 4. The maximum atomic E-state index is 13.6. The van der Waals surface area contributed by atoms with Gasteiger partial charge in [0.05, 0.1) is 18.2 Å². The molecule has 9 heteroatoms. The summed E-state index contributed by atoms with van der Waals surface area (Å²) in [6.45, 7) is 4.49. The minimum absolute atomic E-state index is 0.00153. The molecule has 6 rings (SSSR count). The zero-order chi connectivity index (χ0) is 29.9. The number of fused-ring (bicyclic) bond motifs is 1. The summed E-state index contributed by atoms with van der Waals surface area (Å²) in [5, 5.41) is 22.8. The second-order valence-corrected chi connectivity index (χ2v) is 12.4. The number of hydrogen-bond acceptors (Lipinski definition) is 8. The first-order chi connectivity index (χ1) is 20.9. The zero-order valence-corrected chi connectivity index (χ0v) is 25.3. The number of anilines is 1. The van der Waals surface area contributed by atoms with Gasteiger partial charge in [0.2, 0.25) is 5.13 Å². The normalized spacial score (nSPS) is 16.2. The fraction of sp³-hybridized carbons (Fsp3) is 0.176. The summed E-state index contributed by atoms with van der Waals surface area (Å²) >= 11 is 2.77. The summed E-state index contributed by atoms with van der Waals surface area (Å²) in [7, 11) is 0. The molecule has 7 nitrogen and oxygen atoms in total. The SMILES string of the molecule is CCCOc1cccc(C2C(=C(O)c3ccc(C)cc3)C(=O)C(=O)N2c2nnc(SCc3cccc4ccccc34)s2)c1. The number of carbonyl (C=O) groups is 2. The minimum Gasteiger partial charge on any atom is -0.507 e. The molecule has 2 heterocycles. The molecular formula is C34H29N3O4S2. The Bertz CT molecular complexity index is 1840. The van der Waals surface area contributed by atoms with E-state index < -0.39 is 17.7 Å². The van der Waals surface area contributed by atoms with Crippen molar-refractivity contribution < 1.29 is 19.4 Å². The van der Waals surface area contributed by atoms with Crippen molar-refractivity contribution >= 4 is 56.5 Å². The van der Waals surface area contributed by atoms with Crippen LogP contribution in [0.25, 0.3) is 16.5 Å². The monoisotopic (exact) mass is 607 g/mol. The number of ketones is 1. The fourth-order valence-electron chi connectivity index (χ4n) is 5.12. The van der Waals surface area contributed by atoms with Crippen LogP contribution in [0.3, 0.4) is 0 Å². The molecule has 1 fully saturated rings. The Labute approximate surface area is 257 Å². The molecule has 43 heavy (non-hydrogen) atoms. The van der Waals surface area contributed by atoms with E-state index in [2.05, 4.69) is 34.5 Å². The van der Waals surface area contributed by atoms with Crippen LogP contribution in [0.1, 0.15) is 41.6 Å². The number of rotatable bonds is 9. The van der Waals surface area contributed by atoms with E-state index in [9.17, 15) is 14.7 Å². The molecule has 0 aliphatic carbocycles. The van der Waals surface area contributed by atoms with Gasteiger partial charge in [-0.1, -0.05) is 114 Å². The molecule has 1 aliphatic rings. The van der Waals surface area contributed by atoms with Crippen molar-refractivity contribution in [3.05, 3.63) is 119 Å². The highest BCUT2D eigenvalue weighted by atomic mass is 32.2. The van der Waals surface area contributed by atoms with Crippen LogP contribution >= 0.6 is 23.1 Å². The smallest absolute Gasteiger partial charge is 0.301 e. The highest BCUT2D eigenvalue weighted by Crippen LogP contribution is 2.44. The molecule has 0 radical (unpaired) electrons. The van der Waals surface area contributed by atoms with Crippen LogP contribution in [0, 0.1) is 6.92 Å². The van der Waals surface area contributed by atoms with Crippen LogP contribution in [0.15, 0.2) is 101 Å². The first-order valence-electron chi connectivity index (χ1n) is 14.0. The van der Waals surface area contributed by atoms with Crippen molar-refractivity contribution in [3.63, 3.8) is 0 Å². The summed E-state index contributed by atoms with van der Waals surface area (Å²) in [4.78, 5) is 28.5. The molecule has 0 bridgehead atoms. The predicted octanol–water partition coefficient (Wildman–Crippen LogP) is 7.71. The van der Waals surface area contributed by atoms with Gasteiger partial charge in [0, 0.05) is 11.3 Å².